The van der Waals surface area contributed by atoms with Crippen LogP contribution < -0.4 is 9.62 Å². The number of nitrogens with one attached hydrogen (secondary N) is 1. The van der Waals surface area contributed by atoms with Crippen molar-refractivity contribution in [3.8, 4) is 0 Å². The van der Waals surface area contributed by atoms with Gasteiger partial charge in [-0.15, -0.1) is 0 Å². The van der Waals surface area contributed by atoms with Gasteiger partial charge in [0.2, 0.25) is 5.95 Å². The van der Waals surface area contributed by atoms with E-state index in [4.69, 9.17) is 0 Å². The molecule has 2 heterocycles. The molecule has 1 saturated heterocycles. The number of nitrogens with zero attached hydrogens (tertiary/aromatic N) is 3. The standard InChI is InChI=1S/C22H29F3N4O2S/c1-5-15-17(28-12-11-22(4,14-28)29(6-2)7-3)13-16(23)21(20(15)25)32(30,31)27-19-10-8-9-18(24)26-19/h8-10,13H,5-7,11-12,14H2,1-4H3,(H,26,27)/t22-/m1/s1. The van der Waals surface area contributed by atoms with Crippen LogP contribution in [0.25, 0.3) is 0 Å². The van der Waals surface area contributed by atoms with E-state index in [0.717, 1.165) is 31.6 Å². The third-order valence-electron chi connectivity index (χ3n) is 6.15. The minimum Gasteiger partial charge on any atom is -0.369 e. The van der Waals surface area contributed by atoms with Gasteiger partial charge in [-0.2, -0.15) is 4.39 Å². The summed E-state index contributed by atoms with van der Waals surface area (Å²) in [4.78, 5) is 6.55. The van der Waals surface area contributed by atoms with Gasteiger partial charge in [0.05, 0.1) is 0 Å². The lowest BCUT2D eigenvalue weighted by Crippen LogP contribution is -2.48. The first-order valence-electron chi connectivity index (χ1n) is 10.7. The maximum absolute atomic E-state index is 15.4. The molecule has 6 nitrogen and oxygen atoms in total. The summed E-state index contributed by atoms with van der Waals surface area (Å²) >= 11 is 0. The average molecular weight is 471 g/mol. The SMILES string of the molecule is CCc1c(N2CC[C@@](C)(N(CC)CC)C2)cc(F)c(S(=O)(=O)Nc2cccc(F)n2)c1F. The van der Waals surface area contributed by atoms with E-state index in [1.807, 2.05) is 9.62 Å². The van der Waals surface area contributed by atoms with Crippen LogP contribution in [0.5, 0.6) is 0 Å². The fraction of sp³-hybridized carbons (Fsp3) is 0.500. The number of anilines is 2. The van der Waals surface area contributed by atoms with Crippen molar-refractivity contribution >= 4 is 21.5 Å². The number of benzene rings is 1. The van der Waals surface area contributed by atoms with Crippen molar-refractivity contribution in [3.63, 3.8) is 0 Å². The molecule has 0 bridgehead atoms. The summed E-state index contributed by atoms with van der Waals surface area (Å²) in [5.41, 5.74) is 0.348. The molecule has 0 aliphatic carbocycles. The Kier molecular flexibility index (Phi) is 7.04. The smallest absolute Gasteiger partial charge is 0.268 e. The molecule has 0 spiro atoms. The van der Waals surface area contributed by atoms with E-state index in [-0.39, 0.29) is 23.3 Å². The first-order valence-corrected chi connectivity index (χ1v) is 12.2. The highest BCUT2D eigenvalue weighted by Crippen LogP contribution is 2.37. The third-order valence-corrected chi connectivity index (χ3v) is 7.54. The quantitative estimate of drug-likeness (QED) is 0.587. The minimum absolute atomic E-state index is 0.128. The van der Waals surface area contributed by atoms with Crippen molar-refractivity contribution in [3.05, 3.63) is 47.4 Å². The number of hydrogen-bond donors (Lipinski definition) is 1. The molecule has 0 radical (unpaired) electrons. The number of rotatable bonds is 8. The number of hydrogen-bond acceptors (Lipinski definition) is 5. The zero-order valence-corrected chi connectivity index (χ0v) is 19.6. The second-order valence-electron chi connectivity index (χ2n) is 8.14. The molecular weight excluding hydrogens is 441 g/mol. The van der Waals surface area contributed by atoms with Gasteiger partial charge in [-0.25, -0.2) is 22.2 Å². The molecule has 0 saturated carbocycles. The molecule has 1 aliphatic rings. The zero-order chi connectivity index (χ0) is 23.7. The van der Waals surface area contributed by atoms with Crippen molar-refractivity contribution < 1.29 is 21.6 Å². The number of pyridine rings is 1. The molecule has 0 unspecified atom stereocenters. The molecule has 10 heteroatoms. The van der Waals surface area contributed by atoms with Crippen LogP contribution in [0.3, 0.4) is 0 Å². The molecule has 1 atom stereocenters. The van der Waals surface area contributed by atoms with Crippen molar-refractivity contribution in [2.75, 3.05) is 35.8 Å². The molecule has 1 aromatic heterocycles. The van der Waals surface area contributed by atoms with Crippen LogP contribution in [0.1, 0.15) is 39.7 Å². The zero-order valence-electron chi connectivity index (χ0n) is 18.8. The molecule has 1 aliphatic heterocycles. The van der Waals surface area contributed by atoms with Crippen LogP contribution in [-0.4, -0.2) is 50.0 Å². The second kappa shape index (κ2) is 9.27. The molecule has 176 valence electrons. The molecule has 32 heavy (non-hydrogen) atoms. The Labute approximate surface area is 187 Å². The second-order valence-corrected chi connectivity index (χ2v) is 9.76. The van der Waals surface area contributed by atoms with E-state index in [0.29, 0.717) is 18.8 Å². The van der Waals surface area contributed by atoms with E-state index in [1.54, 1.807) is 6.92 Å². The minimum atomic E-state index is -4.66. The summed E-state index contributed by atoms with van der Waals surface area (Å²) in [6.45, 7) is 10.9. The van der Waals surface area contributed by atoms with Crippen molar-refractivity contribution in [1.29, 1.82) is 0 Å². The van der Waals surface area contributed by atoms with Crippen molar-refractivity contribution in [2.24, 2.45) is 0 Å². The molecular formula is C22H29F3N4O2S. The van der Waals surface area contributed by atoms with Gasteiger partial charge in [-0.3, -0.25) is 9.62 Å². The first kappa shape index (κ1) is 24.3. The van der Waals surface area contributed by atoms with E-state index < -0.39 is 32.5 Å². The number of likely N-dealkylation sites (N-methyl/N-ethyl adjacent to an activating group) is 1. The third kappa shape index (κ3) is 4.56. The van der Waals surface area contributed by atoms with Gasteiger partial charge in [-0.1, -0.05) is 26.8 Å². The topological polar surface area (TPSA) is 65.5 Å². The van der Waals surface area contributed by atoms with Gasteiger partial charge >= 0.3 is 0 Å². The highest BCUT2D eigenvalue weighted by atomic mass is 32.2. The Bertz CT molecular complexity index is 1090. The van der Waals surface area contributed by atoms with Gasteiger partial charge in [-0.05, 0) is 51.1 Å². The van der Waals surface area contributed by atoms with E-state index in [9.17, 15) is 12.8 Å². The van der Waals surface area contributed by atoms with Crippen molar-refractivity contribution in [2.45, 2.75) is 51.0 Å². The monoisotopic (exact) mass is 470 g/mol. The van der Waals surface area contributed by atoms with Crippen LogP contribution in [0, 0.1) is 17.6 Å². The first-order chi connectivity index (χ1) is 15.1. The summed E-state index contributed by atoms with van der Waals surface area (Å²) < 4.78 is 71.2. The highest BCUT2D eigenvalue weighted by molar-refractivity contribution is 7.92. The normalized spacial score (nSPS) is 19.1. The summed E-state index contributed by atoms with van der Waals surface area (Å²) in [7, 11) is -4.66. The van der Waals surface area contributed by atoms with Gasteiger partial charge in [0.1, 0.15) is 11.6 Å². The van der Waals surface area contributed by atoms with E-state index in [1.165, 1.54) is 12.1 Å². The lowest BCUT2D eigenvalue weighted by atomic mass is 9.99. The Morgan fingerprint density at radius 1 is 1.19 bits per heavy atom. The summed E-state index contributed by atoms with van der Waals surface area (Å²) in [5, 5.41) is 0. The fourth-order valence-corrected chi connectivity index (χ4v) is 5.71. The maximum atomic E-state index is 15.4. The predicted octanol–water partition coefficient (Wildman–Crippen LogP) is 4.17. The summed E-state index contributed by atoms with van der Waals surface area (Å²) in [6.07, 6.45) is 1.01. The van der Waals surface area contributed by atoms with Crippen LogP contribution in [-0.2, 0) is 16.4 Å². The van der Waals surface area contributed by atoms with Gasteiger partial charge in [0, 0.05) is 29.9 Å². The van der Waals surface area contributed by atoms with Gasteiger partial charge in [0.15, 0.2) is 10.7 Å². The Morgan fingerprint density at radius 2 is 1.88 bits per heavy atom. The van der Waals surface area contributed by atoms with Crippen LogP contribution in [0.2, 0.25) is 0 Å². The predicted molar refractivity (Wildman–Crippen MR) is 119 cm³/mol. The Morgan fingerprint density at radius 3 is 2.47 bits per heavy atom. The average Bonchev–Trinajstić information content (AvgIpc) is 3.10. The van der Waals surface area contributed by atoms with Gasteiger partial charge < -0.3 is 4.90 Å². The lowest BCUT2D eigenvalue weighted by Gasteiger charge is -2.37. The van der Waals surface area contributed by atoms with Gasteiger partial charge in [0.25, 0.3) is 10.0 Å². The van der Waals surface area contributed by atoms with Crippen molar-refractivity contribution in [1.82, 2.24) is 9.88 Å². The molecule has 0 amide bonds. The lowest BCUT2D eigenvalue weighted by molar-refractivity contribution is 0.137. The molecule has 1 fully saturated rings. The van der Waals surface area contributed by atoms with E-state index >= 15 is 8.78 Å². The Balaban J connectivity index is 1.99. The summed E-state index contributed by atoms with van der Waals surface area (Å²) in [6, 6.07) is 4.56. The maximum Gasteiger partial charge on any atom is 0.268 e. The molecule has 1 aromatic carbocycles. The highest BCUT2D eigenvalue weighted by Gasteiger charge is 2.39. The van der Waals surface area contributed by atoms with E-state index in [2.05, 4.69) is 30.7 Å². The number of sulfonamides is 1. The number of halogens is 3. The number of aromatic nitrogens is 1. The van der Waals surface area contributed by atoms with Crippen LogP contribution in [0.15, 0.2) is 29.2 Å². The van der Waals surface area contributed by atoms with Crippen LogP contribution in [0.4, 0.5) is 24.7 Å². The summed E-state index contributed by atoms with van der Waals surface area (Å²) in [5.74, 6) is -3.61. The van der Waals surface area contributed by atoms with Crippen LogP contribution >= 0.6 is 0 Å². The largest absolute Gasteiger partial charge is 0.369 e. The Hall–Kier alpha value is -2.33. The molecule has 1 N–H and O–H groups in total. The molecule has 2 aromatic rings. The fourth-order valence-electron chi connectivity index (χ4n) is 4.54. The molecule has 3 rings (SSSR count).